The normalized spacial score (nSPS) is 11.1. The number of benzene rings is 1. The fourth-order valence-corrected chi connectivity index (χ4v) is 3.49. The molecule has 2 N–H and O–H groups in total. The van der Waals surface area contributed by atoms with Gasteiger partial charge in [0.25, 0.3) is 10.0 Å². The first kappa shape index (κ1) is 18.5. The van der Waals surface area contributed by atoms with Gasteiger partial charge in [-0.3, -0.25) is 4.72 Å². The average Bonchev–Trinajstić information content (AvgIpc) is 3.07. The van der Waals surface area contributed by atoms with Gasteiger partial charge in [-0.1, -0.05) is 5.16 Å². The molecule has 0 spiro atoms. The molecule has 10 heteroatoms. The molecule has 1 aromatic carbocycles. The second kappa shape index (κ2) is 7.54. The lowest BCUT2D eigenvalue weighted by atomic mass is 10.3. The van der Waals surface area contributed by atoms with Crippen molar-refractivity contribution in [3.05, 3.63) is 48.4 Å². The molecule has 3 rings (SSSR count). The minimum Gasteiger partial charge on any atom is -0.497 e. The first-order valence-electron chi connectivity index (χ1n) is 7.82. The number of rotatable bonds is 7. The molecule has 0 amide bonds. The van der Waals surface area contributed by atoms with Gasteiger partial charge in [0.2, 0.25) is 0 Å². The molecular formula is C17H18N4O5S. The largest absolute Gasteiger partial charge is 0.497 e. The maximum absolute atomic E-state index is 12.7. The fourth-order valence-electron chi connectivity index (χ4n) is 2.29. The number of anilines is 3. The van der Waals surface area contributed by atoms with E-state index in [1.807, 2.05) is 0 Å². The van der Waals surface area contributed by atoms with Crippen LogP contribution in [0.3, 0.4) is 0 Å². The van der Waals surface area contributed by atoms with Gasteiger partial charge in [-0.15, -0.1) is 0 Å². The van der Waals surface area contributed by atoms with Crippen molar-refractivity contribution < 1.29 is 22.4 Å². The van der Waals surface area contributed by atoms with Crippen LogP contribution in [-0.2, 0) is 10.0 Å². The van der Waals surface area contributed by atoms with Crippen LogP contribution in [0.2, 0.25) is 0 Å². The number of sulfonamides is 1. The molecule has 0 radical (unpaired) electrons. The summed E-state index contributed by atoms with van der Waals surface area (Å²) < 4.78 is 43.0. The molecule has 0 saturated carbocycles. The smallest absolute Gasteiger partial charge is 0.265 e. The molecule has 9 nitrogen and oxygen atoms in total. The van der Waals surface area contributed by atoms with Gasteiger partial charge in [-0.25, -0.2) is 13.4 Å². The summed E-state index contributed by atoms with van der Waals surface area (Å²) in [4.78, 5) is 4.15. The van der Waals surface area contributed by atoms with E-state index in [4.69, 9.17) is 14.0 Å². The van der Waals surface area contributed by atoms with Crippen LogP contribution >= 0.6 is 0 Å². The highest BCUT2D eigenvalue weighted by Gasteiger charge is 2.20. The monoisotopic (exact) mass is 390 g/mol. The van der Waals surface area contributed by atoms with Crippen LogP contribution in [0, 0.1) is 6.92 Å². The summed E-state index contributed by atoms with van der Waals surface area (Å²) in [6.07, 6.45) is 1.39. The highest BCUT2D eigenvalue weighted by Crippen LogP contribution is 2.29. The molecule has 0 aliphatic rings. The van der Waals surface area contributed by atoms with Crippen molar-refractivity contribution in [2.75, 3.05) is 24.3 Å². The molecule has 0 aliphatic heterocycles. The minimum atomic E-state index is -3.87. The zero-order valence-corrected chi connectivity index (χ0v) is 15.7. The van der Waals surface area contributed by atoms with Crippen molar-refractivity contribution in [2.45, 2.75) is 11.8 Å². The van der Waals surface area contributed by atoms with E-state index in [0.717, 1.165) is 0 Å². The molecular weight excluding hydrogens is 372 g/mol. The van der Waals surface area contributed by atoms with E-state index in [1.165, 1.54) is 32.5 Å². The highest BCUT2D eigenvalue weighted by atomic mass is 32.2. The lowest BCUT2D eigenvalue weighted by molar-refractivity contribution is 0.386. The Morgan fingerprint density at radius 2 is 1.85 bits per heavy atom. The van der Waals surface area contributed by atoms with Crippen molar-refractivity contribution in [3.8, 4) is 11.5 Å². The van der Waals surface area contributed by atoms with Crippen LogP contribution in [0.25, 0.3) is 0 Å². The zero-order chi connectivity index (χ0) is 19.4. The molecule has 0 aliphatic carbocycles. The maximum atomic E-state index is 12.7. The Kier molecular flexibility index (Phi) is 5.17. The van der Waals surface area contributed by atoms with Gasteiger partial charge in [-0.05, 0) is 31.2 Å². The van der Waals surface area contributed by atoms with Crippen molar-refractivity contribution in [1.82, 2.24) is 10.1 Å². The van der Waals surface area contributed by atoms with Crippen molar-refractivity contribution >= 4 is 27.3 Å². The van der Waals surface area contributed by atoms with E-state index in [9.17, 15) is 8.42 Å². The molecule has 0 bridgehead atoms. The second-order valence-corrected chi connectivity index (χ2v) is 7.15. The Balaban J connectivity index is 1.78. The number of ether oxygens (including phenoxy) is 2. The Morgan fingerprint density at radius 1 is 1.04 bits per heavy atom. The van der Waals surface area contributed by atoms with Gasteiger partial charge in [0.05, 0.1) is 26.1 Å². The number of hydrogen-bond donors (Lipinski definition) is 2. The van der Waals surface area contributed by atoms with Crippen LogP contribution in [0.15, 0.2) is 52.0 Å². The van der Waals surface area contributed by atoms with Crippen LogP contribution in [0.1, 0.15) is 5.76 Å². The fraction of sp³-hybridized carbons (Fsp3) is 0.176. The predicted octanol–water partition coefficient (Wildman–Crippen LogP) is 2.94. The lowest BCUT2D eigenvalue weighted by Gasteiger charge is -2.12. The number of aryl methyl sites for hydroxylation is 1. The summed E-state index contributed by atoms with van der Waals surface area (Å²) in [6, 6.07) is 9.37. The van der Waals surface area contributed by atoms with Crippen LogP contribution in [0.4, 0.5) is 17.3 Å². The first-order chi connectivity index (χ1) is 12.9. The Labute approximate surface area is 156 Å². The molecule has 142 valence electrons. The predicted molar refractivity (Wildman–Crippen MR) is 99.1 cm³/mol. The number of pyridine rings is 1. The van der Waals surface area contributed by atoms with E-state index < -0.39 is 10.0 Å². The van der Waals surface area contributed by atoms with E-state index >= 15 is 0 Å². The molecule has 2 heterocycles. The van der Waals surface area contributed by atoms with Gasteiger partial charge >= 0.3 is 0 Å². The van der Waals surface area contributed by atoms with Crippen molar-refractivity contribution in [2.24, 2.45) is 0 Å². The third kappa shape index (κ3) is 4.29. The third-order valence-corrected chi connectivity index (χ3v) is 4.98. The second-order valence-electron chi connectivity index (χ2n) is 5.50. The molecule has 0 unspecified atom stereocenters. The molecule has 0 atom stereocenters. The van der Waals surface area contributed by atoms with Crippen LogP contribution < -0.4 is 19.5 Å². The Hall–Kier alpha value is -3.27. The van der Waals surface area contributed by atoms with Crippen molar-refractivity contribution in [1.29, 1.82) is 0 Å². The summed E-state index contributed by atoms with van der Waals surface area (Å²) >= 11 is 0. The first-order valence-corrected chi connectivity index (χ1v) is 9.31. The molecule has 0 saturated heterocycles. The van der Waals surface area contributed by atoms with E-state index in [1.54, 1.807) is 31.2 Å². The molecule has 2 aromatic heterocycles. The number of nitrogens with zero attached hydrogens (tertiary/aromatic N) is 2. The third-order valence-electron chi connectivity index (χ3n) is 3.56. The van der Waals surface area contributed by atoms with E-state index in [-0.39, 0.29) is 10.6 Å². The molecule has 27 heavy (non-hydrogen) atoms. The minimum absolute atomic E-state index is 0.00826. The van der Waals surface area contributed by atoms with Gasteiger partial charge in [0, 0.05) is 12.1 Å². The summed E-state index contributed by atoms with van der Waals surface area (Å²) in [5, 5.41) is 6.75. The van der Waals surface area contributed by atoms with Gasteiger partial charge in [0.1, 0.15) is 28.0 Å². The summed E-state index contributed by atoms with van der Waals surface area (Å²) in [7, 11) is -0.989. The number of nitrogens with one attached hydrogen (secondary N) is 2. The zero-order valence-electron chi connectivity index (χ0n) is 14.9. The summed E-state index contributed by atoms with van der Waals surface area (Å²) in [6.45, 7) is 1.77. The van der Waals surface area contributed by atoms with E-state index in [2.05, 4.69) is 20.2 Å². The average molecular weight is 390 g/mol. The standard InChI is InChI=1S/C17H18N4O5S/c1-11-8-17(20-26-11)19-16-7-4-12(10-18-16)21-27(22,23)15-6-5-13(24-2)9-14(15)25-3/h4-10,21H,1-3H3,(H,18,19,20). The molecule has 3 aromatic rings. The summed E-state index contributed by atoms with van der Waals surface area (Å²) in [5.74, 6) is 2.33. The maximum Gasteiger partial charge on any atom is 0.265 e. The van der Waals surface area contributed by atoms with Crippen LogP contribution in [0.5, 0.6) is 11.5 Å². The number of methoxy groups -OCH3 is 2. The van der Waals surface area contributed by atoms with Gasteiger partial charge in [-0.2, -0.15) is 0 Å². The highest BCUT2D eigenvalue weighted by molar-refractivity contribution is 7.92. The Bertz CT molecular complexity index is 1030. The number of hydrogen-bond acceptors (Lipinski definition) is 8. The number of aromatic nitrogens is 2. The van der Waals surface area contributed by atoms with Gasteiger partial charge < -0.3 is 19.3 Å². The lowest BCUT2D eigenvalue weighted by Crippen LogP contribution is -2.14. The summed E-state index contributed by atoms with van der Waals surface area (Å²) in [5.41, 5.74) is 0.301. The van der Waals surface area contributed by atoms with E-state index in [0.29, 0.717) is 28.8 Å². The topological polar surface area (TPSA) is 116 Å². The van der Waals surface area contributed by atoms with Gasteiger partial charge in [0.15, 0.2) is 5.82 Å². The van der Waals surface area contributed by atoms with Crippen LogP contribution in [-0.4, -0.2) is 32.8 Å². The SMILES string of the molecule is COc1ccc(S(=O)(=O)Nc2ccc(Nc3cc(C)on3)nc2)c(OC)c1. The van der Waals surface area contributed by atoms with Crippen molar-refractivity contribution in [3.63, 3.8) is 0 Å². The Morgan fingerprint density at radius 3 is 2.44 bits per heavy atom. The molecule has 0 fully saturated rings. The quantitative estimate of drug-likeness (QED) is 0.633.